The number of rotatable bonds is 4. The van der Waals surface area contributed by atoms with E-state index in [1.165, 1.54) is 0 Å². The highest BCUT2D eigenvalue weighted by Gasteiger charge is 2.17. The number of carbonyl (C=O) groups excluding carboxylic acids is 1. The molecule has 3 aromatic rings. The molecule has 23 heavy (non-hydrogen) atoms. The van der Waals surface area contributed by atoms with Crippen LogP contribution in [0.25, 0.3) is 11.3 Å². The number of H-pyrrole nitrogens is 1. The molecule has 0 aromatic carbocycles. The predicted octanol–water partition coefficient (Wildman–Crippen LogP) is 3.18. The van der Waals surface area contributed by atoms with Crippen molar-refractivity contribution in [3.63, 3.8) is 0 Å². The van der Waals surface area contributed by atoms with Gasteiger partial charge < -0.3 is 5.32 Å². The fraction of sp³-hybridized carbons (Fsp3) is 0.267. The van der Waals surface area contributed by atoms with Gasteiger partial charge in [-0.3, -0.25) is 14.6 Å². The SMILES string of the molecule is Cc1nn(C)c(C)c1-c1cc(C(=O)NCc2ccc(Br)s2)[nH]n1. The molecule has 0 unspecified atom stereocenters. The summed E-state index contributed by atoms with van der Waals surface area (Å²) in [6, 6.07) is 5.71. The Hall–Kier alpha value is -1.93. The number of aryl methyl sites for hydroxylation is 2. The van der Waals surface area contributed by atoms with E-state index in [1.807, 2.05) is 37.7 Å². The van der Waals surface area contributed by atoms with Crippen LogP contribution in [0.5, 0.6) is 0 Å². The first-order chi connectivity index (χ1) is 11.0. The lowest BCUT2D eigenvalue weighted by Crippen LogP contribution is -2.22. The number of amides is 1. The average molecular weight is 394 g/mol. The molecule has 0 aliphatic heterocycles. The van der Waals surface area contributed by atoms with E-state index >= 15 is 0 Å². The maximum atomic E-state index is 12.2. The Kier molecular flexibility index (Phi) is 4.36. The van der Waals surface area contributed by atoms with Crippen molar-refractivity contribution in [1.29, 1.82) is 0 Å². The molecule has 0 bridgehead atoms. The van der Waals surface area contributed by atoms with Crippen LogP contribution in [-0.4, -0.2) is 25.9 Å². The minimum absolute atomic E-state index is 0.174. The van der Waals surface area contributed by atoms with E-state index in [-0.39, 0.29) is 5.91 Å². The van der Waals surface area contributed by atoms with Crippen LogP contribution in [0, 0.1) is 13.8 Å². The Morgan fingerprint density at radius 1 is 1.43 bits per heavy atom. The summed E-state index contributed by atoms with van der Waals surface area (Å²) in [6.07, 6.45) is 0. The summed E-state index contributed by atoms with van der Waals surface area (Å²) < 4.78 is 2.86. The van der Waals surface area contributed by atoms with Gasteiger partial charge in [0.25, 0.3) is 5.91 Å². The van der Waals surface area contributed by atoms with Crippen LogP contribution in [-0.2, 0) is 13.6 Å². The molecule has 0 saturated carbocycles. The van der Waals surface area contributed by atoms with E-state index in [0.717, 1.165) is 31.3 Å². The minimum atomic E-state index is -0.174. The lowest BCUT2D eigenvalue weighted by atomic mass is 10.1. The highest BCUT2D eigenvalue weighted by molar-refractivity contribution is 9.11. The fourth-order valence-electron chi connectivity index (χ4n) is 2.42. The molecular weight excluding hydrogens is 378 g/mol. The molecule has 8 heteroatoms. The van der Waals surface area contributed by atoms with Crippen LogP contribution in [0.15, 0.2) is 22.0 Å². The Morgan fingerprint density at radius 2 is 2.22 bits per heavy atom. The molecule has 0 radical (unpaired) electrons. The van der Waals surface area contributed by atoms with Crippen molar-refractivity contribution in [2.45, 2.75) is 20.4 Å². The standard InChI is InChI=1S/C15H16BrN5OS/c1-8-14(9(2)21(3)20-8)11-6-12(19-18-11)15(22)17-7-10-4-5-13(16)23-10/h4-6H,7H2,1-3H3,(H,17,22)(H,18,19). The molecule has 0 saturated heterocycles. The lowest BCUT2D eigenvalue weighted by molar-refractivity contribution is 0.0946. The van der Waals surface area contributed by atoms with Gasteiger partial charge in [0.05, 0.1) is 21.7 Å². The average Bonchev–Trinajstić information content (AvgIpc) is 3.18. The van der Waals surface area contributed by atoms with Gasteiger partial charge in [-0.05, 0) is 48.0 Å². The maximum absolute atomic E-state index is 12.2. The van der Waals surface area contributed by atoms with Crippen molar-refractivity contribution in [3.8, 4) is 11.3 Å². The highest BCUT2D eigenvalue weighted by Crippen LogP contribution is 2.25. The van der Waals surface area contributed by atoms with Crippen molar-refractivity contribution in [2.24, 2.45) is 7.05 Å². The van der Waals surface area contributed by atoms with E-state index in [1.54, 1.807) is 17.4 Å². The number of halogens is 1. The van der Waals surface area contributed by atoms with Crippen molar-refractivity contribution in [2.75, 3.05) is 0 Å². The Balaban J connectivity index is 1.74. The molecular formula is C15H16BrN5OS. The molecule has 6 nitrogen and oxygen atoms in total. The van der Waals surface area contributed by atoms with Crippen LogP contribution in [0.3, 0.4) is 0 Å². The number of thiophene rings is 1. The Morgan fingerprint density at radius 3 is 2.83 bits per heavy atom. The molecule has 0 spiro atoms. The first kappa shape index (κ1) is 15.9. The van der Waals surface area contributed by atoms with Crippen LogP contribution in [0.1, 0.15) is 26.8 Å². The third kappa shape index (κ3) is 3.23. The molecule has 3 heterocycles. The zero-order valence-electron chi connectivity index (χ0n) is 13.0. The molecule has 0 fully saturated rings. The zero-order chi connectivity index (χ0) is 16.6. The topological polar surface area (TPSA) is 75.6 Å². The second kappa shape index (κ2) is 6.29. The first-order valence-corrected chi connectivity index (χ1v) is 8.65. The van der Waals surface area contributed by atoms with Crippen molar-refractivity contribution in [1.82, 2.24) is 25.3 Å². The van der Waals surface area contributed by atoms with Crippen molar-refractivity contribution in [3.05, 3.63) is 43.9 Å². The predicted molar refractivity (Wildman–Crippen MR) is 93.5 cm³/mol. The van der Waals surface area contributed by atoms with Crippen LogP contribution in [0.4, 0.5) is 0 Å². The number of aromatic amines is 1. The number of aromatic nitrogens is 4. The Labute approximate surface area is 146 Å². The third-order valence-electron chi connectivity index (χ3n) is 3.64. The van der Waals surface area contributed by atoms with Gasteiger partial charge in [-0.1, -0.05) is 0 Å². The summed E-state index contributed by atoms with van der Waals surface area (Å²) in [5.74, 6) is -0.174. The number of hydrogen-bond acceptors (Lipinski definition) is 4. The summed E-state index contributed by atoms with van der Waals surface area (Å²) >= 11 is 5.01. The second-order valence-corrected chi connectivity index (χ2v) is 7.77. The van der Waals surface area contributed by atoms with Gasteiger partial charge >= 0.3 is 0 Å². The smallest absolute Gasteiger partial charge is 0.269 e. The summed E-state index contributed by atoms with van der Waals surface area (Å²) in [5, 5.41) is 14.3. The fourth-order valence-corrected chi connectivity index (χ4v) is 3.84. The Bertz CT molecular complexity index is 863. The quantitative estimate of drug-likeness (QED) is 0.714. The molecule has 2 N–H and O–H groups in total. The normalized spacial score (nSPS) is 11.0. The van der Waals surface area contributed by atoms with Gasteiger partial charge in [-0.25, -0.2) is 0 Å². The van der Waals surface area contributed by atoms with E-state index in [9.17, 15) is 4.79 Å². The van der Waals surface area contributed by atoms with Crippen LogP contribution >= 0.6 is 27.3 Å². The molecule has 0 aliphatic rings. The number of nitrogens with one attached hydrogen (secondary N) is 2. The van der Waals surface area contributed by atoms with Crippen molar-refractivity contribution >= 4 is 33.2 Å². The molecule has 3 rings (SSSR count). The van der Waals surface area contributed by atoms with E-state index in [4.69, 9.17) is 0 Å². The summed E-state index contributed by atoms with van der Waals surface area (Å²) in [7, 11) is 1.89. The highest BCUT2D eigenvalue weighted by atomic mass is 79.9. The van der Waals surface area contributed by atoms with E-state index in [0.29, 0.717) is 12.2 Å². The van der Waals surface area contributed by atoms with Crippen molar-refractivity contribution < 1.29 is 4.79 Å². The maximum Gasteiger partial charge on any atom is 0.269 e. The van der Waals surface area contributed by atoms with Crippen LogP contribution < -0.4 is 5.32 Å². The molecule has 0 aliphatic carbocycles. The van der Waals surface area contributed by atoms with E-state index in [2.05, 4.69) is 36.5 Å². The van der Waals surface area contributed by atoms with E-state index < -0.39 is 0 Å². The summed E-state index contributed by atoms with van der Waals surface area (Å²) in [6.45, 7) is 4.41. The lowest BCUT2D eigenvalue weighted by Gasteiger charge is -2.00. The molecule has 0 atom stereocenters. The monoisotopic (exact) mass is 393 g/mol. The van der Waals surface area contributed by atoms with Gasteiger partial charge in [0.2, 0.25) is 0 Å². The van der Waals surface area contributed by atoms with Gasteiger partial charge in [0.1, 0.15) is 5.69 Å². The van der Waals surface area contributed by atoms with Crippen LogP contribution in [0.2, 0.25) is 0 Å². The van der Waals surface area contributed by atoms with Gasteiger partial charge in [0, 0.05) is 23.2 Å². The number of hydrogen-bond donors (Lipinski definition) is 2. The summed E-state index contributed by atoms with van der Waals surface area (Å²) in [4.78, 5) is 13.3. The van der Waals surface area contributed by atoms with Gasteiger partial charge in [-0.15, -0.1) is 11.3 Å². The number of carbonyl (C=O) groups is 1. The number of nitrogens with zero attached hydrogens (tertiary/aromatic N) is 3. The summed E-state index contributed by atoms with van der Waals surface area (Å²) in [5.41, 5.74) is 4.05. The molecule has 1 amide bonds. The third-order valence-corrected chi connectivity index (χ3v) is 5.26. The second-order valence-electron chi connectivity index (χ2n) is 5.22. The minimum Gasteiger partial charge on any atom is -0.346 e. The van der Waals surface area contributed by atoms with Gasteiger partial charge in [0.15, 0.2) is 0 Å². The zero-order valence-corrected chi connectivity index (χ0v) is 15.4. The molecule has 3 aromatic heterocycles. The van der Waals surface area contributed by atoms with Gasteiger partial charge in [-0.2, -0.15) is 10.2 Å². The largest absolute Gasteiger partial charge is 0.346 e. The first-order valence-electron chi connectivity index (χ1n) is 7.04. The molecule has 120 valence electrons.